The Hall–Kier alpha value is -2.18. The Balaban J connectivity index is 1.53. The second-order valence-corrected chi connectivity index (χ2v) is 8.67. The molecular weight excluding hydrogens is 352 g/mol. The molecule has 2 saturated heterocycles. The molecule has 2 fully saturated rings. The predicted molar refractivity (Wildman–Crippen MR) is 109 cm³/mol. The van der Waals surface area contributed by atoms with Gasteiger partial charge in [0.1, 0.15) is 0 Å². The topological polar surface area (TPSA) is 72.5 Å². The first-order valence-electron chi connectivity index (χ1n) is 10.1. The fourth-order valence-corrected chi connectivity index (χ4v) is 4.88. The van der Waals surface area contributed by atoms with Crippen molar-refractivity contribution in [3.8, 4) is 11.3 Å². The number of fused-ring (bicyclic) bond motifs is 1. The number of nitrogens with zero attached hydrogens (tertiary/aromatic N) is 3. The molecule has 6 nitrogen and oxygen atoms in total. The molecule has 0 aliphatic carbocycles. The Labute approximate surface area is 166 Å². The summed E-state index contributed by atoms with van der Waals surface area (Å²) in [6, 6.07) is 6.50. The molecule has 0 spiro atoms. The Kier molecular flexibility index (Phi) is 5.02. The third-order valence-electron chi connectivity index (χ3n) is 6.87. The van der Waals surface area contributed by atoms with E-state index < -0.39 is 0 Å². The van der Waals surface area contributed by atoms with Crippen LogP contribution in [0.4, 0.5) is 0 Å². The normalized spacial score (nSPS) is 25.1. The first kappa shape index (κ1) is 19.2. The van der Waals surface area contributed by atoms with Crippen molar-refractivity contribution < 1.29 is 9.90 Å². The van der Waals surface area contributed by atoms with E-state index in [-0.39, 0.29) is 17.9 Å². The predicted octanol–water partition coefficient (Wildman–Crippen LogP) is 2.36. The lowest BCUT2D eigenvalue weighted by Gasteiger charge is -2.42. The van der Waals surface area contributed by atoms with Crippen LogP contribution in [0.15, 0.2) is 24.4 Å². The number of carbonyl (C=O) groups is 1. The number of aromatic nitrogens is 2. The van der Waals surface area contributed by atoms with Gasteiger partial charge in [-0.3, -0.25) is 14.8 Å². The highest BCUT2D eigenvalue weighted by molar-refractivity contribution is 5.73. The van der Waals surface area contributed by atoms with E-state index in [4.69, 9.17) is 0 Å². The summed E-state index contributed by atoms with van der Waals surface area (Å²) >= 11 is 0. The third kappa shape index (κ3) is 3.35. The first-order chi connectivity index (χ1) is 13.4. The summed E-state index contributed by atoms with van der Waals surface area (Å²) in [4.78, 5) is 16.2. The number of piperidine rings is 1. The van der Waals surface area contributed by atoms with Gasteiger partial charge in [-0.1, -0.05) is 12.1 Å². The van der Waals surface area contributed by atoms with Crippen LogP contribution in [0.1, 0.15) is 30.0 Å². The van der Waals surface area contributed by atoms with Gasteiger partial charge >= 0.3 is 0 Å². The average Bonchev–Trinajstić information content (AvgIpc) is 3.27. The number of hydrogen-bond acceptors (Lipinski definition) is 4. The lowest BCUT2D eigenvalue weighted by Crippen LogP contribution is -2.50. The maximum atomic E-state index is 11.8. The molecule has 2 aromatic rings. The van der Waals surface area contributed by atoms with Gasteiger partial charge in [0, 0.05) is 56.2 Å². The van der Waals surface area contributed by atoms with Crippen LogP contribution in [-0.4, -0.2) is 63.8 Å². The summed E-state index contributed by atoms with van der Waals surface area (Å²) in [5.41, 5.74) is 5.88. The standard InChI is InChI=1S/C22H30N4O2/c1-15-4-5-18(8-16(15)2)21-19(9-23-24-21)10-25-11-20-12-26(17(3)28)7-6-22(20,13-25)14-27/h4-5,8-9,20,27H,6-7,10-14H2,1-3H3,(H,23,24)/t20-,22-/m0/s1. The number of likely N-dealkylation sites (tertiary alicyclic amines) is 2. The van der Waals surface area contributed by atoms with E-state index in [0.717, 1.165) is 50.4 Å². The van der Waals surface area contributed by atoms with Gasteiger partial charge in [-0.2, -0.15) is 5.10 Å². The van der Waals surface area contributed by atoms with E-state index in [1.807, 2.05) is 11.1 Å². The second kappa shape index (κ2) is 7.33. The molecule has 6 heteroatoms. The molecule has 1 aromatic heterocycles. The Bertz CT molecular complexity index is 877. The van der Waals surface area contributed by atoms with Crippen molar-refractivity contribution in [3.63, 3.8) is 0 Å². The number of aliphatic hydroxyl groups excluding tert-OH is 1. The van der Waals surface area contributed by atoms with Crippen LogP contribution in [0, 0.1) is 25.2 Å². The summed E-state index contributed by atoms with van der Waals surface area (Å²) in [5, 5.41) is 17.6. The fourth-order valence-electron chi connectivity index (χ4n) is 4.88. The van der Waals surface area contributed by atoms with Gasteiger partial charge in [0.2, 0.25) is 5.91 Å². The maximum Gasteiger partial charge on any atom is 0.219 e. The third-order valence-corrected chi connectivity index (χ3v) is 6.87. The number of rotatable bonds is 4. The molecule has 0 radical (unpaired) electrons. The van der Waals surface area contributed by atoms with Crippen LogP contribution >= 0.6 is 0 Å². The zero-order valence-corrected chi connectivity index (χ0v) is 17.0. The van der Waals surface area contributed by atoms with Crippen LogP contribution in [0.25, 0.3) is 11.3 Å². The van der Waals surface area contributed by atoms with Gasteiger partial charge in [0.15, 0.2) is 0 Å². The average molecular weight is 383 g/mol. The van der Waals surface area contributed by atoms with Crippen LogP contribution in [0.2, 0.25) is 0 Å². The number of hydrogen-bond donors (Lipinski definition) is 2. The Morgan fingerprint density at radius 2 is 2.14 bits per heavy atom. The number of aliphatic hydroxyl groups is 1. The van der Waals surface area contributed by atoms with E-state index in [0.29, 0.717) is 5.92 Å². The number of aromatic amines is 1. The van der Waals surface area contributed by atoms with Crippen LogP contribution in [0.3, 0.4) is 0 Å². The summed E-state index contributed by atoms with van der Waals surface area (Å²) < 4.78 is 0. The summed E-state index contributed by atoms with van der Waals surface area (Å²) in [7, 11) is 0. The Morgan fingerprint density at radius 1 is 1.32 bits per heavy atom. The SMILES string of the molecule is CC(=O)N1CC[C@@]2(CO)CN(Cc3cn[nH]c3-c3ccc(C)c(C)c3)C[C@H]2C1. The molecule has 0 saturated carbocycles. The summed E-state index contributed by atoms with van der Waals surface area (Å²) in [6.07, 6.45) is 2.79. The van der Waals surface area contributed by atoms with Crippen LogP contribution in [0.5, 0.6) is 0 Å². The molecule has 0 unspecified atom stereocenters. The highest BCUT2D eigenvalue weighted by Gasteiger charge is 2.49. The second-order valence-electron chi connectivity index (χ2n) is 8.67. The molecule has 3 heterocycles. The monoisotopic (exact) mass is 382 g/mol. The first-order valence-corrected chi connectivity index (χ1v) is 10.1. The molecule has 4 rings (SSSR count). The highest BCUT2D eigenvalue weighted by atomic mass is 16.3. The molecule has 150 valence electrons. The van der Waals surface area contributed by atoms with E-state index >= 15 is 0 Å². The van der Waals surface area contributed by atoms with Crippen molar-refractivity contribution in [2.75, 3.05) is 32.8 Å². The van der Waals surface area contributed by atoms with Crippen molar-refractivity contribution >= 4 is 5.91 Å². The number of carbonyl (C=O) groups excluding carboxylic acids is 1. The minimum absolute atomic E-state index is 0.0870. The van der Waals surface area contributed by atoms with Gasteiger partial charge in [0.05, 0.1) is 18.5 Å². The quantitative estimate of drug-likeness (QED) is 0.851. The van der Waals surface area contributed by atoms with Gasteiger partial charge in [0.25, 0.3) is 0 Å². The maximum absolute atomic E-state index is 11.8. The molecule has 28 heavy (non-hydrogen) atoms. The van der Waals surface area contributed by atoms with Gasteiger partial charge in [-0.15, -0.1) is 0 Å². The zero-order chi connectivity index (χ0) is 19.9. The zero-order valence-electron chi connectivity index (χ0n) is 17.0. The van der Waals surface area contributed by atoms with Crippen LogP contribution < -0.4 is 0 Å². The highest BCUT2D eigenvalue weighted by Crippen LogP contribution is 2.43. The largest absolute Gasteiger partial charge is 0.396 e. The van der Waals surface area contributed by atoms with E-state index in [1.165, 1.54) is 16.7 Å². The summed E-state index contributed by atoms with van der Waals surface area (Å²) in [6.45, 7) is 10.2. The molecule has 2 atom stereocenters. The number of benzene rings is 1. The molecule has 2 N–H and O–H groups in total. The Morgan fingerprint density at radius 3 is 2.86 bits per heavy atom. The van der Waals surface area contributed by atoms with Gasteiger partial charge < -0.3 is 10.0 Å². The van der Waals surface area contributed by atoms with E-state index in [2.05, 4.69) is 47.1 Å². The van der Waals surface area contributed by atoms with Crippen molar-refractivity contribution in [3.05, 3.63) is 41.1 Å². The van der Waals surface area contributed by atoms with Crippen LogP contribution in [-0.2, 0) is 11.3 Å². The van der Waals surface area contributed by atoms with Gasteiger partial charge in [-0.05, 0) is 43.4 Å². The number of aryl methyl sites for hydroxylation is 2. The number of nitrogens with one attached hydrogen (secondary N) is 1. The molecule has 1 aromatic carbocycles. The smallest absolute Gasteiger partial charge is 0.219 e. The molecule has 2 aliphatic heterocycles. The molecular formula is C22H30N4O2. The van der Waals surface area contributed by atoms with Gasteiger partial charge in [-0.25, -0.2) is 0 Å². The molecule has 1 amide bonds. The lowest BCUT2D eigenvalue weighted by atomic mass is 9.73. The fraction of sp³-hybridized carbons (Fsp3) is 0.545. The summed E-state index contributed by atoms with van der Waals surface area (Å²) in [5.74, 6) is 0.462. The minimum atomic E-state index is -0.0870. The number of H-pyrrole nitrogens is 1. The van der Waals surface area contributed by atoms with Crippen molar-refractivity contribution in [1.29, 1.82) is 0 Å². The van der Waals surface area contributed by atoms with Crippen molar-refractivity contribution in [1.82, 2.24) is 20.0 Å². The minimum Gasteiger partial charge on any atom is -0.396 e. The van der Waals surface area contributed by atoms with Crippen molar-refractivity contribution in [2.24, 2.45) is 11.3 Å². The molecule has 2 aliphatic rings. The van der Waals surface area contributed by atoms with E-state index in [9.17, 15) is 9.90 Å². The number of amides is 1. The van der Waals surface area contributed by atoms with Crippen molar-refractivity contribution in [2.45, 2.75) is 33.7 Å². The molecule has 0 bridgehead atoms. The van der Waals surface area contributed by atoms with E-state index in [1.54, 1.807) is 6.92 Å². The lowest BCUT2D eigenvalue weighted by molar-refractivity contribution is -0.133.